The van der Waals surface area contributed by atoms with Crippen LogP contribution in [-0.4, -0.2) is 0 Å². The molecule has 0 amide bonds. The van der Waals surface area contributed by atoms with Gasteiger partial charge in [0.1, 0.15) is 0 Å². The number of halogens is 1. The predicted octanol–water partition coefficient (Wildman–Crippen LogP) is 3.77. The number of hydrogen-bond acceptors (Lipinski definition) is 0. The van der Waals surface area contributed by atoms with E-state index in [0.29, 0.717) is 0 Å². The molecule has 0 spiro atoms. The Morgan fingerprint density at radius 1 is 1.36 bits per heavy atom. The molecule has 0 rings (SSSR count). The van der Waals surface area contributed by atoms with E-state index in [4.69, 9.17) is 0 Å². The van der Waals surface area contributed by atoms with Crippen molar-refractivity contribution >= 4 is 0 Å². The third-order valence-corrected chi connectivity index (χ3v) is 1.32. The number of hydrogen-bond donors (Lipinski definition) is 0. The Morgan fingerprint density at radius 2 is 2.00 bits per heavy atom. The summed E-state index contributed by atoms with van der Waals surface area (Å²) in [4.78, 5) is 0. The van der Waals surface area contributed by atoms with Crippen LogP contribution in [0.3, 0.4) is 0 Å². The smallest absolute Gasteiger partial charge is 0.0968 e. The summed E-state index contributed by atoms with van der Waals surface area (Å²) in [6.07, 6.45) is 8.17. The van der Waals surface area contributed by atoms with E-state index >= 15 is 0 Å². The first-order chi connectivity index (χ1) is 5.20. The van der Waals surface area contributed by atoms with Gasteiger partial charge < -0.3 is 0 Å². The molecule has 0 radical (unpaired) electrons. The molecule has 1 heteroatoms. The van der Waals surface area contributed by atoms with Crippen LogP contribution < -0.4 is 0 Å². The highest BCUT2D eigenvalue weighted by atomic mass is 19.1. The van der Waals surface area contributed by atoms with Gasteiger partial charge in [0.25, 0.3) is 0 Å². The van der Waals surface area contributed by atoms with Gasteiger partial charge in [0.05, 0.1) is 5.83 Å². The Kier molecular flexibility index (Phi) is 5.44. The Labute approximate surface area is 68.1 Å². The van der Waals surface area contributed by atoms with Crippen molar-refractivity contribution in [3.8, 4) is 0 Å². The van der Waals surface area contributed by atoms with Gasteiger partial charge in [0, 0.05) is 0 Å². The van der Waals surface area contributed by atoms with E-state index in [9.17, 15) is 4.39 Å². The molecule has 0 aliphatic rings. The standard InChI is InChI=1S/C10H15F/c1-4-6-10(5-2)8-7-9(3)11/h4,6-8H,5H2,1-3H3/b6-4-,9-7+,10-8-. The average molecular weight is 154 g/mol. The first kappa shape index (κ1) is 10.2. The lowest BCUT2D eigenvalue weighted by molar-refractivity contribution is 0.640. The van der Waals surface area contributed by atoms with Crippen LogP contribution in [-0.2, 0) is 0 Å². The monoisotopic (exact) mass is 154 g/mol. The fourth-order valence-electron chi connectivity index (χ4n) is 0.727. The molecule has 0 heterocycles. The minimum atomic E-state index is -0.152. The van der Waals surface area contributed by atoms with E-state index in [-0.39, 0.29) is 5.83 Å². The lowest BCUT2D eigenvalue weighted by Gasteiger charge is -1.92. The molecule has 62 valence electrons. The third-order valence-electron chi connectivity index (χ3n) is 1.32. The maximum absolute atomic E-state index is 12.2. The number of rotatable bonds is 3. The van der Waals surface area contributed by atoms with E-state index in [1.807, 2.05) is 26.0 Å². The molecule has 0 aromatic rings. The molecule has 0 aromatic carbocycles. The normalized spacial score (nSPS) is 14.5. The lowest BCUT2D eigenvalue weighted by atomic mass is 10.2. The van der Waals surface area contributed by atoms with Crippen LogP contribution in [0.4, 0.5) is 4.39 Å². The van der Waals surface area contributed by atoms with Crippen molar-refractivity contribution in [2.45, 2.75) is 27.2 Å². The van der Waals surface area contributed by atoms with Crippen LogP contribution in [0.2, 0.25) is 0 Å². The van der Waals surface area contributed by atoms with Crippen molar-refractivity contribution in [1.29, 1.82) is 0 Å². The summed E-state index contributed by atoms with van der Waals surface area (Å²) in [6.45, 7) is 5.45. The quantitative estimate of drug-likeness (QED) is 0.543. The summed E-state index contributed by atoms with van der Waals surface area (Å²) in [5, 5.41) is 0. The van der Waals surface area contributed by atoms with E-state index in [1.54, 1.807) is 6.08 Å². The third kappa shape index (κ3) is 5.59. The molecule has 0 saturated carbocycles. The highest BCUT2D eigenvalue weighted by Gasteiger charge is 1.84. The molecular formula is C10H15F. The van der Waals surface area contributed by atoms with Crippen molar-refractivity contribution in [3.05, 3.63) is 35.7 Å². The first-order valence-electron chi connectivity index (χ1n) is 3.86. The van der Waals surface area contributed by atoms with E-state index in [1.165, 1.54) is 13.0 Å². The van der Waals surface area contributed by atoms with E-state index < -0.39 is 0 Å². The fourth-order valence-corrected chi connectivity index (χ4v) is 0.727. The number of allylic oxidation sites excluding steroid dienone is 6. The Hall–Kier alpha value is -0.850. The zero-order chi connectivity index (χ0) is 8.69. The summed E-state index contributed by atoms with van der Waals surface area (Å²) in [6, 6.07) is 0. The van der Waals surface area contributed by atoms with Gasteiger partial charge in [-0.3, -0.25) is 0 Å². The summed E-state index contributed by atoms with van der Waals surface area (Å²) in [7, 11) is 0. The van der Waals surface area contributed by atoms with Gasteiger partial charge in [0.2, 0.25) is 0 Å². The molecule has 0 bridgehead atoms. The van der Waals surface area contributed by atoms with Crippen molar-refractivity contribution in [2.24, 2.45) is 0 Å². The average Bonchev–Trinajstić information content (AvgIpc) is 1.97. The Morgan fingerprint density at radius 3 is 2.36 bits per heavy atom. The van der Waals surface area contributed by atoms with E-state index in [2.05, 4.69) is 0 Å². The van der Waals surface area contributed by atoms with Crippen LogP contribution >= 0.6 is 0 Å². The summed E-state index contributed by atoms with van der Waals surface area (Å²) >= 11 is 0. The zero-order valence-corrected chi connectivity index (χ0v) is 7.39. The maximum Gasteiger partial charge on any atom is 0.0968 e. The van der Waals surface area contributed by atoms with Crippen LogP contribution in [0.1, 0.15) is 27.2 Å². The molecule has 0 nitrogen and oxygen atoms in total. The molecule has 0 saturated heterocycles. The van der Waals surface area contributed by atoms with Gasteiger partial charge in [-0.05, 0) is 31.9 Å². The Bertz CT molecular complexity index is 181. The van der Waals surface area contributed by atoms with Gasteiger partial charge in [-0.2, -0.15) is 0 Å². The predicted molar refractivity (Wildman–Crippen MR) is 48.1 cm³/mol. The largest absolute Gasteiger partial charge is 0.212 e. The summed E-state index contributed by atoms with van der Waals surface area (Å²) in [5.41, 5.74) is 1.14. The second-order valence-corrected chi connectivity index (χ2v) is 2.35. The molecule has 0 atom stereocenters. The topological polar surface area (TPSA) is 0 Å². The molecule has 0 aliphatic carbocycles. The lowest BCUT2D eigenvalue weighted by Crippen LogP contribution is -1.72. The molecule has 0 fully saturated rings. The van der Waals surface area contributed by atoms with E-state index in [0.717, 1.165) is 12.0 Å². The Balaban J connectivity index is 4.24. The van der Waals surface area contributed by atoms with Crippen molar-refractivity contribution in [2.75, 3.05) is 0 Å². The van der Waals surface area contributed by atoms with Crippen LogP contribution in [0.25, 0.3) is 0 Å². The van der Waals surface area contributed by atoms with Crippen molar-refractivity contribution in [3.63, 3.8) is 0 Å². The molecule has 0 aliphatic heterocycles. The van der Waals surface area contributed by atoms with Crippen molar-refractivity contribution in [1.82, 2.24) is 0 Å². The van der Waals surface area contributed by atoms with Gasteiger partial charge >= 0.3 is 0 Å². The van der Waals surface area contributed by atoms with Crippen LogP contribution in [0, 0.1) is 0 Å². The van der Waals surface area contributed by atoms with Gasteiger partial charge in [-0.25, -0.2) is 4.39 Å². The first-order valence-corrected chi connectivity index (χ1v) is 3.86. The van der Waals surface area contributed by atoms with Crippen LogP contribution in [0.5, 0.6) is 0 Å². The minimum absolute atomic E-state index is 0.152. The maximum atomic E-state index is 12.2. The molecule has 0 unspecified atom stereocenters. The summed E-state index contributed by atoms with van der Waals surface area (Å²) in [5.74, 6) is -0.152. The molecular weight excluding hydrogens is 139 g/mol. The molecule has 11 heavy (non-hydrogen) atoms. The fraction of sp³-hybridized carbons (Fsp3) is 0.400. The van der Waals surface area contributed by atoms with Gasteiger partial charge in [-0.1, -0.05) is 25.2 Å². The highest BCUT2D eigenvalue weighted by molar-refractivity contribution is 5.23. The second kappa shape index (κ2) is 5.90. The summed E-state index contributed by atoms with van der Waals surface area (Å²) < 4.78 is 12.2. The zero-order valence-electron chi connectivity index (χ0n) is 7.39. The molecule has 0 aromatic heterocycles. The highest BCUT2D eigenvalue weighted by Crippen LogP contribution is 2.04. The minimum Gasteiger partial charge on any atom is -0.212 e. The molecule has 0 N–H and O–H groups in total. The van der Waals surface area contributed by atoms with Gasteiger partial charge in [-0.15, -0.1) is 0 Å². The van der Waals surface area contributed by atoms with Gasteiger partial charge in [0.15, 0.2) is 0 Å². The second-order valence-electron chi connectivity index (χ2n) is 2.35. The van der Waals surface area contributed by atoms with Crippen molar-refractivity contribution < 1.29 is 4.39 Å². The SMILES string of the molecule is C\C=C/C(=C\C=C(/C)F)CC. The van der Waals surface area contributed by atoms with Crippen LogP contribution in [0.15, 0.2) is 35.7 Å².